The summed E-state index contributed by atoms with van der Waals surface area (Å²) in [6, 6.07) is 0. The Kier molecular flexibility index (Phi) is 3.89. The molecule has 0 aliphatic rings. The molecule has 8 heteroatoms. The van der Waals surface area contributed by atoms with Crippen LogP contribution in [0.1, 0.15) is 26.7 Å². The molecule has 7 nitrogen and oxygen atoms in total. The molecule has 0 aliphatic carbocycles. The summed E-state index contributed by atoms with van der Waals surface area (Å²) >= 11 is 0. The average Bonchev–Trinajstić information content (AvgIpc) is 2.66. The minimum atomic E-state index is -3.66. The molecule has 0 amide bonds. The number of sulfonamides is 1. The molecule has 1 aromatic heterocycles. The Morgan fingerprint density at radius 1 is 1.59 bits per heavy atom. The number of nitrogens with one attached hydrogen (secondary N) is 2. The van der Waals surface area contributed by atoms with Gasteiger partial charge in [0.25, 0.3) is 0 Å². The van der Waals surface area contributed by atoms with Crippen LogP contribution in [-0.2, 0) is 14.8 Å². The molecule has 0 aliphatic heterocycles. The molecule has 1 rings (SSSR count). The highest BCUT2D eigenvalue weighted by molar-refractivity contribution is 7.89. The van der Waals surface area contributed by atoms with Crippen LogP contribution in [0.3, 0.4) is 0 Å². The lowest BCUT2D eigenvalue weighted by Gasteiger charge is -2.24. The van der Waals surface area contributed by atoms with Crippen LogP contribution in [-0.4, -0.2) is 35.2 Å². The second kappa shape index (κ2) is 4.84. The number of nitrogens with zero attached hydrogens (tertiary/aromatic N) is 1. The number of carbonyl (C=O) groups is 1. The maximum absolute atomic E-state index is 11.8. The van der Waals surface area contributed by atoms with E-state index < -0.39 is 21.5 Å². The molecule has 1 aromatic rings. The van der Waals surface area contributed by atoms with E-state index in [0.717, 1.165) is 0 Å². The molecule has 17 heavy (non-hydrogen) atoms. The lowest BCUT2D eigenvalue weighted by Crippen LogP contribution is -2.43. The van der Waals surface area contributed by atoms with Crippen molar-refractivity contribution in [2.75, 3.05) is 0 Å². The average molecular weight is 261 g/mol. The summed E-state index contributed by atoms with van der Waals surface area (Å²) in [5.74, 6) is -0.958. The third kappa shape index (κ3) is 4.16. The highest BCUT2D eigenvalue weighted by atomic mass is 32.2. The Balaban J connectivity index is 2.73. The molecular weight excluding hydrogens is 246 g/mol. The van der Waals surface area contributed by atoms with E-state index in [-0.39, 0.29) is 17.7 Å². The van der Waals surface area contributed by atoms with Crippen molar-refractivity contribution in [2.24, 2.45) is 0 Å². The van der Waals surface area contributed by atoms with Crippen LogP contribution in [0.2, 0.25) is 0 Å². The lowest BCUT2D eigenvalue weighted by molar-refractivity contribution is -0.137. The van der Waals surface area contributed by atoms with Crippen LogP contribution in [0.15, 0.2) is 17.3 Å². The van der Waals surface area contributed by atoms with Gasteiger partial charge >= 0.3 is 5.97 Å². The van der Waals surface area contributed by atoms with Crippen molar-refractivity contribution < 1.29 is 18.3 Å². The predicted molar refractivity (Wildman–Crippen MR) is 59.9 cm³/mol. The van der Waals surface area contributed by atoms with E-state index in [1.807, 2.05) is 0 Å². The van der Waals surface area contributed by atoms with Crippen molar-refractivity contribution in [1.29, 1.82) is 0 Å². The van der Waals surface area contributed by atoms with E-state index in [0.29, 0.717) is 0 Å². The summed E-state index contributed by atoms with van der Waals surface area (Å²) in [6.07, 6.45) is 2.56. The Morgan fingerprint density at radius 2 is 2.24 bits per heavy atom. The van der Waals surface area contributed by atoms with Gasteiger partial charge in [-0.15, -0.1) is 0 Å². The van der Waals surface area contributed by atoms with Gasteiger partial charge < -0.3 is 5.11 Å². The van der Waals surface area contributed by atoms with Crippen LogP contribution in [0, 0.1) is 0 Å². The van der Waals surface area contributed by atoms with Gasteiger partial charge in [-0.05, 0) is 20.3 Å². The second-order valence-electron chi connectivity index (χ2n) is 4.32. The summed E-state index contributed by atoms with van der Waals surface area (Å²) < 4.78 is 26.1. The molecule has 0 unspecified atom stereocenters. The van der Waals surface area contributed by atoms with Crippen molar-refractivity contribution in [2.45, 2.75) is 37.1 Å². The first-order valence-corrected chi connectivity index (χ1v) is 6.46. The third-order valence-electron chi connectivity index (χ3n) is 2.16. The molecule has 96 valence electrons. The zero-order valence-electron chi connectivity index (χ0n) is 9.60. The van der Waals surface area contributed by atoms with E-state index in [1.54, 1.807) is 13.8 Å². The first-order valence-electron chi connectivity index (χ1n) is 4.97. The summed E-state index contributed by atoms with van der Waals surface area (Å²) in [6.45, 7) is 3.27. The van der Waals surface area contributed by atoms with Gasteiger partial charge in [0.15, 0.2) is 0 Å². The van der Waals surface area contributed by atoms with Gasteiger partial charge in [-0.1, -0.05) is 0 Å². The quantitative estimate of drug-likeness (QED) is 0.683. The monoisotopic (exact) mass is 261 g/mol. The Hall–Kier alpha value is -1.41. The maximum Gasteiger partial charge on any atom is 0.303 e. The highest BCUT2D eigenvalue weighted by Gasteiger charge is 2.27. The van der Waals surface area contributed by atoms with Crippen molar-refractivity contribution in [3.05, 3.63) is 12.4 Å². The molecule has 0 saturated carbocycles. The van der Waals surface area contributed by atoms with E-state index in [1.165, 1.54) is 12.4 Å². The number of hydrogen-bond donors (Lipinski definition) is 3. The summed E-state index contributed by atoms with van der Waals surface area (Å²) in [4.78, 5) is 10.5. The SMILES string of the molecule is CC(C)(CCC(=O)O)NS(=O)(=O)c1cn[nH]c1. The molecule has 0 radical (unpaired) electrons. The van der Waals surface area contributed by atoms with Crippen LogP contribution >= 0.6 is 0 Å². The molecule has 0 bridgehead atoms. The maximum atomic E-state index is 11.8. The Morgan fingerprint density at radius 3 is 2.71 bits per heavy atom. The van der Waals surface area contributed by atoms with Crippen molar-refractivity contribution in [3.63, 3.8) is 0 Å². The van der Waals surface area contributed by atoms with Gasteiger partial charge in [0, 0.05) is 18.2 Å². The lowest BCUT2D eigenvalue weighted by atomic mass is 10.0. The Labute approximate surface area is 99.3 Å². The largest absolute Gasteiger partial charge is 0.481 e. The van der Waals surface area contributed by atoms with Crippen LogP contribution in [0.25, 0.3) is 0 Å². The molecule has 3 N–H and O–H groups in total. The number of carboxylic acid groups (broad SMARTS) is 1. The number of rotatable bonds is 6. The predicted octanol–water partition coefficient (Wildman–Crippen LogP) is 0.331. The summed E-state index contributed by atoms with van der Waals surface area (Å²) in [5, 5.41) is 14.5. The smallest absolute Gasteiger partial charge is 0.303 e. The molecule has 0 fully saturated rings. The minimum Gasteiger partial charge on any atom is -0.481 e. The van der Waals surface area contributed by atoms with Gasteiger partial charge in [0.2, 0.25) is 10.0 Å². The number of carboxylic acids is 1. The van der Waals surface area contributed by atoms with Crippen LogP contribution in [0.4, 0.5) is 0 Å². The van der Waals surface area contributed by atoms with Gasteiger partial charge in [-0.25, -0.2) is 13.1 Å². The number of aromatic amines is 1. The topological polar surface area (TPSA) is 112 Å². The fraction of sp³-hybridized carbons (Fsp3) is 0.556. The first-order chi connectivity index (χ1) is 7.73. The molecule has 0 saturated heterocycles. The van der Waals surface area contributed by atoms with Gasteiger partial charge in [-0.2, -0.15) is 5.10 Å². The minimum absolute atomic E-state index is 0.0286. The number of aromatic nitrogens is 2. The molecule has 0 aromatic carbocycles. The van der Waals surface area contributed by atoms with Crippen molar-refractivity contribution in [3.8, 4) is 0 Å². The number of hydrogen-bond acceptors (Lipinski definition) is 4. The van der Waals surface area contributed by atoms with E-state index >= 15 is 0 Å². The molecule has 0 atom stereocenters. The molecule has 1 heterocycles. The van der Waals surface area contributed by atoms with Crippen LogP contribution in [0.5, 0.6) is 0 Å². The number of aliphatic carboxylic acids is 1. The standard InChI is InChI=1S/C9H15N3O4S/c1-9(2,4-3-8(13)14)12-17(15,16)7-5-10-11-6-7/h5-6,12H,3-4H2,1-2H3,(H,10,11)(H,13,14). The molecular formula is C9H15N3O4S. The zero-order valence-corrected chi connectivity index (χ0v) is 10.4. The Bertz CT molecular complexity index is 478. The van der Waals surface area contributed by atoms with Gasteiger partial charge in [0.05, 0.1) is 6.20 Å². The number of H-pyrrole nitrogens is 1. The van der Waals surface area contributed by atoms with E-state index in [2.05, 4.69) is 14.9 Å². The highest BCUT2D eigenvalue weighted by Crippen LogP contribution is 2.16. The normalized spacial score (nSPS) is 12.6. The van der Waals surface area contributed by atoms with Crippen molar-refractivity contribution in [1.82, 2.24) is 14.9 Å². The van der Waals surface area contributed by atoms with Crippen molar-refractivity contribution >= 4 is 16.0 Å². The van der Waals surface area contributed by atoms with E-state index in [4.69, 9.17) is 5.11 Å². The fourth-order valence-electron chi connectivity index (χ4n) is 1.28. The fourth-order valence-corrected chi connectivity index (χ4v) is 2.63. The third-order valence-corrected chi connectivity index (χ3v) is 3.82. The first kappa shape index (κ1) is 13.7. The van der Waals surface area contributed by atoms with Gasteiger partial charge in [-0.3, -0.25) is 9.89 Å². The van der Waals surface area contributed by atoms with E-state index in [9.17, 15) is 13.2 Å². The summed E-state index contributed by atoms with van der Waals surface area (Å²) in [5.41, 5.74) is -0.825. The summed E-state index contributed by atoms with van der Waals surface area (Å²) in [7, 11) is -3.66. The second-order valence-corrected chi connectivity index (χ2v) is 6.00. The van der Waals surface area contributed by atoms with Crippen LogP contribution < -0.4 is 4.72 Å². The molecule has 0 spiro atoms. The van der Waals surface area contributed by atoms with Gasteiger partial charge in [0.1, 0.15) is 4.90 Å². The zero-order chi connectivity index (χ0) is 13.1.